The summed E-state index contributed by atoms with van der Waals surface area (Å²) in [7, 11) is 0. The van der Waals surface area contributed by atoms with Crippen LogP contribution in [0, 0.1) is 30.1 Å². The highest BCUT2D eigenvalue weighted by molar-refractivity contribution is 5.92. The monoisotopic (exact) mass is 482 g/mol. The van der Waals surface area contributed by atoms with Gasteiger partial charge in [-0.3, -0.25) is 4.79 Å². The quantitative estimate of drug-likeness (QED) is 0.369. The Hall–Kier alpha value is -2.85. The molecule has 0 radical (unpaired) electrons. The van der Waals surface area contributed by atoms with Crippen molar-refractivity contribution in [2.24, 2.45) is 23.2 Å². The molecule has 1 atom stereocenters. The molecule has 188 valence electrons. The Labute approximate surface area is 214 Å². The highest BCUT2D eigenvalue weighted by Crippen LogP contribution is 2.61. The van der Waals surface area contributed by atoms with Crippen molar-refractivity contribution in [3.05, 3.63) is 71.8 Å². The highest BCUT2D eigenvalue weighted by atomic mass is 16.5. The molecule has 0 heterocycles. The van der Waals surface area contributed by atoms with Gasteiger partial charge in [0.05, 0.1) is 0 Å². The molecule has 1 unspecified atom stereocenters. The molecule has 3 aromatic carbocycles. The standard InChI is InChI=1S/C32H38N2O2/c1-21-7-10-27(11-8-21)34-31(35)20-36-30-12-9-26-5-3-4-6-28(26)29(30)19-33-22(2)32-16-23-13-24(17-32)15-25(14-23)18-32/h3-12,22-25,33H,13-20H2,1-2H3,(H,34,35). The van der Waals surface area contributed by atoms with Gasteiger partial charge in [-0.2, -0.15) is 0 Å². The fraction of sp³-hybridized carbons (Fsp3) is 0.469. The Morgan fingerprint density at radius 2 is 1.61 bits per heavy atom. The minimum Gasteiger partial charge on any atom is -0.483 e. The third-order valence-corrected chi connectivity index (χ3v) is 9.28. The molecule has 36 heavy (non-hydrogen) atoms. The zero-order valence-electron chi connectivity index (χ0n) is 21.6. The van der Waals surface area contributed by atoms with Crippen LogP contribution in [0.1, 0.15) is 56.6 Å². The first-order valence-electron chi connectivity index (χ1n) is 13.7. The maximum Gasteiger partial charge on any atom is 0.262 e. The van der Waals surface area contributed by atoms with E-state index in [1.54, 1.807) is 0 Å². The van der Waals surface area contributed by atoms with E-state index in [4.69, 9.17) is 4.74 Å². The van der Waals surface area contributed by atoms with Gasteiger partial charge < -0.3 is 15.4 Å². The van der Waals surface area contributed by atoms with Crippen molar-refractivity contribution >= 4 is 22.4 Å². The molecule has 4 heteroatoms. The summed E-state index contributed by atoms with van der Waals surface area (Å²) in [4.78, 5) is 12.6. The second-order valence-electron chi connectivity index (χ2n) is 11.8. The van der Waals surface area contributed by atoms with E-state index in [0.29, 0.717) is 11.5 Å². The predicted octanol–water partition coefficient (Wildman–Crippen LogP) is 6.86. The van der Waals surface area contributed by atoms with Crippen LogP contribution in [0.5, 0.6) is 5.75 Å². The molecule has 4 saturated carbocycles. The van der Waals surface area contributed by atoms with Crippen LogP contribution < -0.4 is 15.4 Å². The second kappa shape index (κ2) is 9.55. The maximum absolute atomic E-state index is 12.6. The van der Waals surface area contributed by atoms with Crippen LogP contribution in [0.3, 0.4) is 0 Å². The number of rotatable bonds is 8. The van der Waals surface area contributed by atoms with Crippen LogP contribution in [0.4, 0.5) is 5.69 Å². The van der Waals surface area contributed by atoms with Crippen molar-refractivity contribution in [2.75, 3.05) is 11.9 Å². The molecule has 3 aromatic rings. The molecule has 0 saturated heterocycles. The van der Waals surface area contributed by atoms with Crippen molar-refractivity contribution < 1.29 is 9.53 Å². The number of amides is 1. The zero-order valence-corrected chi connectivity index (χ0v) is 21.6. The predicted molar refractivity (Wildman–Crippen MR) is 146 cm³/mol. The number of benzene rings is 3. The lowest BCUT2D eigenvalue weighted by atomic mass is 9.48. The average molecular weight is 483 g/mol. The van der Waals surface area contributed by atoms with E-state index in [2.05, 4.69) is 47.9 Å². The summed E-state index contributed by atoms with van der Waals surface area (Å²) in [6, 6.07) is 20.9. The van der Waals surface area contributed by atoms with Gasteiger partial charge in [-0.05, 0) is 105 Å². The Kier molecular flexibility index (Phi) is 6.25. The van der Waals surface area contributed by atoms with E-state index in [9.17, 15) is 4.79 Å². The van der Waals surface area contributed by atoms with Gasteiger partial charge in [0.25, 0.3) is 5.91 Å². The molecule has 4 bridgehead atoms. The molecule has 0 spiro atoms. The third kappa shape index (κ3) is 4.64. The number of fused-ring (bicyclic) bond motifs is 1. The number of carbonyl (C=O) groups excluding carboxylic acids is 1. The van der Waals surface area contributed by atoms with Crippen molar-refractivity contribution in [2.45, 2.75) is 65.0 Å². The summed E-state index contributed by atoms with van der Waals surface area (Å²) < 4.78 is 6.13. The first-order valence-corrected chi connectivity index (χ1v) is 13.7. The number of hydrogen-bond acceptors (Lipinski definition) is 3. The molecule has 4 aliphatic carbocycles. The van der Waals surface area contributed by atoms with E-state index in [1.807, 2.05) is 37.3 Å². The Morgan fingerprint density at radius 3 is 2.31 bits per heavy atom. The maximum atomic E-state index is 12.6. The molecular formula is C32H38N2O2. The summed E-state index contributed by atoms with van der Waals surface area (Å²) in [5.74, 6) is 3.49. The number of aryl methyl sites for hydroxylation is 1. The highest BCUT2D eigenvalue weighted by Gasteiger charge is 2.52. The largest absolute Gasteiger partial charge is 0.483 e. The van der Waals surface area contributed by atoms with E-state index in [1.165, 1.54) is 54.9 Å². The molecule has 2 N–H and O–H groups in total. The lowest BCUT2D eigenvalue weighted by Crippen LogP contribution is -2.54. The molecule has 7 rings (SSSR count). The molecule has 1 amide bonds. The molecule has 4 fully saturated rings. The number of anilines is 1. The van der Waals surface area contributed by atoms with Gasteiger partial charge in [-0.25, -0.2) is 0 Å². The fourth-order valence-electron chi connectivity index (χ4n) is 7.79. The fourth-order valence-corrected chi connectivity index (χ4v) is 7.79. The summed E-state index contributed by atoms with van der Waals surface area (Å²) >= 11 is 0. The van der Waals surface area contributed by atoms with Gasteiger partial charge in [0.2, 0.25) is 0 Å². The Bertz CT molecular complexity index is 1210. The molecule has 4 nitrogen and oxygen atoms in total. The number of nitrogens with one attached hydrogen (secondary N) is 2. The van der Waals surface area contributed by atoms with Gasteiger partial charge in [-0.15, -0.1) is 0 Å². The van der Waals surface area contributed by atoms with E-state index < -0.39 is 0 Å². The second-order valence-corrected chi connectivity index (χ2v) is 11.8. The summed E-state index contributed by atoms with van der Waals surface area (Å²) in [5, 5.41) is 9.28. The number of carbonyl (C=O) groups is 1. The van der Waals surface area contributed by atoms with Crippen LogP contribution in [-0.2, 0) is 11.3 Å². The summed E-state index contributed by atoms with van der Waals surface area (Å²) in [6.07, 6.45) is 8.59. The minimum atomic E-state index is -0.146. The van der Waals surface area contributed by atoms with Gasteiger partial charge in [0, 0.05) is 23.8 Å². The lowest BCUT2D eigenvalue weighted by molar-refractivity contribution is -0.118. The van der Waals surface area contributed by atoms with Crippen molar-refractivity contribution in [3.63, 3.8) is 0 Å². The van der Waals surface area contributed by atoms with Gasteiger partial charge in [-0.1, -0.05) is 48.0 Å². The van der Waals surface area contributed by atoms with Crippen LogP contribution in [0.25, 0.3) is 10.8 Å². The van der Waals surface area contributed by atoms with E-state index in [0.717, 1.165) is 41.3 Å². The Morgan fingerprint density at radius 1 is 0.944 bits per heavy atom. The van der Waals surface area contributed by atoms with E-state index >= 15 is 0 Å². The molecular weight excluding hydrogens is 444 g/mol. The molecule has 0 aliphatic heterocycles. The van der Waals surface area contributed by atoms with Crippen molar-refractivity contribution in [3.8, 4) is 5.75 Å². The van der Waals surface area contributed by atoms with Gasteiger partial charge in [0.1, 0.15) is 5.75 Å². The zero-order chi connectivity index (χ0) is 24.7. The number of hydrogen-bond donors (Lipinski definition) is 2. The van der Waals surface area contributed by atoms with Crippen LogP contribution in [0.2, 0.25) is 0 Å². The lowest BCUT2D eigenvalue weighted by Gasteiger charge is -2.59. The van der Waals surface area contributed by atoms with Crippen molar-refractivity contribution in [1.29, 1.82) is 0 Å². The molecule has 4 aliphatic rings. The number of ether oxygens (including phenoxy) is 1. The average Bonchev–Trinajstić information content (AvgIpc) is 2.86. The topological polar surface area (TPSA) is 50.4 Å². The normalized spacial score (nSPS) is 27.2. The summed E-state index contributed by atoms with van der Waals surface area (Å²) in [5.41, 5.74) is 3.56. The van der Waals surface area contributed by atoms with Crippen LogP contribution >= 0.6 is 0 Å². The van der Waals surface area contributed by atoms with Crippen LogP contribution in [-0.4, -0.2) is 18.6 Å². The Balaban J connectivity index is 1.17. The first-order chi connectivity index (χ1) is 17.5. The van der Waals surface area contributed by atoms with Gasteiger partial charge >= 0.3 is 0 Å². The van der Waals surface area contributed by atoms with E-state index in [-0.39, 0.29) is 12.5 Å². The molecule has 0 aromatic heterocycles. The van der Waals surface area contributed by atoms with Crippen molar-refractivity contribution in [1.82, 2.24) is 5.32 Å². The minimum absolute atomic E-state index is 0.0102. The first kappa shape index (κ1) is 23.5. The SMILES string of the molecule is Cc1ccc(NC(=O)COc2ccc3ccccc3c2CNC(C)C23CC4CC(CC(C4)C2)C3)cc1. The third-order valence-electron chi connectivity index (χ3n) is 9.28. The smallest absolute Gasteiger partial charge is 0.262 e. The van der Waals surface area contributed by atoms with Gasteiger partial charge in [0.15, 0.2) is 6.61 Å². The van der Waals surface area contributed by atoms with Crippen LogP contribution in [0.15, 0.2) is 60.7 Å². The summed E-state index contributed by atoms with van der Waals surface area (Å²) in [6.45, 7) is 5.19.